The van der Waals surface area contributed by atoms with Crippen molar-refractivity contribution in [3.05, 3.63) is 71.5 Å². The lowest BCUT2D eigenvalue weighted by Gasteiger charge is -2.25. The molecule has 0 unspecified atom stereocenters. The van der Waals surface area contributed by atoms with Crippen molar-refractivity contribution in [2.45, 2.75) is 31.7 Å². The van der Waals surface area contributed by atoms with Gasteiger partial charge in [0.2, 0.25) is 0 Å². The molecule has 0 radical (unpaired) electrons. The number of hydrogen-bond acceptors (Lipinski definition) is 2. The van der Waals surface area contributed by atoms with E-state index < -0.39 is 5.54 Å². The summed E-state index contributed by atoms with van der Waals surface area (Å²) in [6.45, 7) is 2.21. The average molecular weight is 340 g/mol. The minimum Gasteiger partial charge on any atom is -0.319 e. The Bertz CT molecular complexity index is 761. The first kappa shape index (κ1) is 17.1. The molecule has 0 bridgehead atoms. The lowest BCUT2D eigenvalue weighted by molar-refractivity contribution is -0.131. The van der Waals surface area contributed by atoms with E-state index in [-0.39, 0.29) is 17.8 Å². The first-order valence-electron chi connectivity index (χ1n) is 8.51. The Labute approximate surface area is 146 Å². The molecule has 130 valence electrons. The van der Waals surface area contributed by atoms with E-state index in [0.717, 1.165) is 6.42 Å². The standard InChI is InChI=1S/C20H21FN2O2/c1-2-20(16-10-12-17(21)13-11-16)18(24)23(19(25)22-20)14-6-9-15-7-4-3-5-8-15/h3-5,7-8,10-13H,2,6,9,14H2,1H3,(H,22,25)/t20-/m1/s1. The van der Waals surface area contributed by atoms with Gasteiger partial charge in [0.05, 0.1) is 0 Å². The molecular weight excluding hydrogens is 319 g/mol. The number of benzene rings is 2. The Balaban J connectivity index is 1.73. The van der Waals surface area contributed by atoms with Gasteiger partial charge in [-0.1, -0.05) is 49.4 Å². The number of carbonyl (C=O) groups excluding carboxylic acids is 2. The van der Waals surface area contributed by atoms with E-state index in [9.17, 15) is 14.0 Å². The second-order valence-corrected chi connectivity index (χ2v) is 6.24. The zero-order valence-corrected chi connectivity index (χ0v) is 14.2. The Morgan fingerprint density at radius 2 is 1.72 bits per heavy atom. The molecule has 2 aromatic carbocycles. The van der Waals surface area contributed by atoms with Crippen LogP contribution in [0.3, 0.4) is 0 Å². The molecule has 25 heavy (non-hydrogen) atoms. The number of rotatable bonds is 6. The zero-order chi connectivity index (χ0) is 17.9. The Kier molecular flexibility index (Phi) is 4.83. The number of nitrogens with zero attached hydrogens (tertiary/aromatic N) is 1. The molecule has 0 aromatic heterocycles. The predicted molar refractivity (Wildman–Crippen MR) is 93.4 cm³/mol. The summed E-state index contributed by atoms with van der Waals surface area (Å²) < 4.78 is 13.2. The third kappa shape index (κ3) is 3.27. The monoisotopic (exact) mass is 340 g/mol. The van der Waals surface area contributed by atoms with E-state index in [1.54, 1.807) is 12.1 Å². The predicted octanol–water partition coefficient (Wildman–Crippen LogP) is 3.62. The topological polar surface area (TPSA) is 49.4 Å². The summed E-state index contributed by atoms with van der Waals surface area (Å²) in [5, 5.41) is 2.82. The molecule has 1 heterocycles. The van der Waals surface area contributed by atoms with Crippen molar-refractivity contribution in [3.8, 4) is 0 Å². The number of halogens is 1. The highest BCUT2D eigenvalue weighted by molar-refractivity contribution is 6.07. The summed E-state index contributed by atoms with van der Waals surface area (Å²) in [6.07, 6.45) is 1.92. The van der Waals surface area contributed by atoms with E-state index in [1.165, 1.54) is 22.6 Å². The molecule has 1 aliphatic heterocycles. The highest BCUT2D eigenvalue weighted by Crippen LogP contribution is 2.32. The number of amides is 3. The molecule has 5 heteroatoms. The van der Waals surface area contributed by atoms with Crippen LogP contribution in [0.1, 0.15) is 30.9 Å². The van der Waals surface area contributed by atoms with Crippen LogP contribution >= 0.6 is 0 Å². The molecule has 0 aliphatic carbocycles. The molecule has 3 rings (SSSR count). The van der Waals surface area contributed by atoms with Gasteiger partial charge in [0.25, 0.3) is 5.91 Å². The van der Waals surface area contributed by atoms with Crippen molar-refractivity contribution >= 4 is 11.9 Å². The van der Waals surface area contributed by atoms with Gasteiger partial charge in [-0.3, -0.25) is 9.69 Å². The minimum atomic E-state index is -1.10. The van der Waals surface area contributed by atoms with Crippen molar-refractivity contribution < 1.29 is 14.0 Å². The second-order valence-electron chi connectivity index (χ2n) is 6.24. The zero-order valence-electron chi connectivity index (χ0n) is 14.2. The number of hydrogen-bond donors (Lipinski definition) is 1. The van der Waals surface area contributed by atoms with Gasteiger partial charge in [-0.2, -0.15) is 0 Å². The lowest BCUT2D eigenvalue weighted by Crippen LogP contribution is -2.43. The maximum absolute atomic E-state index is 13.2. The van der Waals surface area contributed by atoms with Crippen molar-refractivity contribution in [3.63, 3.8) is 0 Å². The molecule has 1 saturated heterocycles. The first-order valence-corrected chi connectivity index (χ1v) is 8.51. The molecule has 0 saturated carbocycles. The van der Waals surface area contributed by atoms with Gasteiger partial charge in [-0.05, 0) is 42.5 Å². The van der Waals surface area contributed by atoms with Crippen LogP contribution in [0.15, 0.2) is 54.6 Å². The summed E-state index contributed by atoms with van der Waals surface area (Å²) in [7, 11) is 0. The summed E-state index contributed by atoms with van der Waals surface area (Å²) in [5.74, 6) is -0.633. The van der Waals surface area contributed by atoms with Gasteiger partial charge < -0.3 is 5.32 Å². The SMILES string of the molecule is CC[C@]1(c2ccc(F)cc2)NC(=O)N(CCCc2ccccc2)C1=O. The highest BCUT2D eigenvalue weighted by Gasteiger charge is 2.50. The van der Waals surface area contributed by atoms with Crippen LogP contribution in [0.25, 0.3) is 0 Å². The summed E-state index contributed by atoms with van der Waals surface area (Å²) >= 11 is 0. The number of carbonyl (C=O) groups is 2. The van der Waals surface area contributed by atoms with Gasteiger partial charge in [0, 0.05) is 6.54 Å². The fourth-order valence-corrected chi connectivity index (χ4v) is 3.29. The van der Waals surface area contributed by atoms with Crippen molar-refractivity contribution in [2.75, 3.05) is 6.54 Å². The van der Waals surface area contributed by atoms with E-state index >= 15 is 0 Å². The van der Waals surface area contributed by atoms with E-state index in [2.05, 4.69) is 5.32 Å². The Morgan fingerprint density at radius 3 is 2.36 bits per heavy atom. The second kappa shape index (κ2) is 7.05. The van der Waals surface area contributed by atoms with Crippen molar-refractivity contribution in [2.24, 2.45) is 0 Å². The third-order valence-electron chi connectivity index (χ3n) is 4.73. The lowest BCUT2D eigenvalue weighted by atomic mass is 9.87. The van der Waals surface area contributed by atoms with Crippen molar-refractivity contribution in [1.82, 2.24) is 10.2 Å². The molecular formula is C20H21FN2O2. The molecule has 1 fully saturated rings. The van der Waals surface area contributed by atoms with Crippen LogP contribution < -0.4 is 5.32 Å². The number of urea groups is 1. The molecule has 1 aliphatic rings. The van der Waals surface area contributed by atoms with Crippen LogP contribution in [0.4, 0.5) is 9.18 Å². The third-order valence-corrected chi connectivity index (χ3v) is 4.73. The van der Waals surface area contributed by atoms with E-state index in [4.69, 9.17) is 0 Å². The quantitative estimate of drug-likeness (QED) is 0.817. The summed E-state index contributed by atoms with van der Waals surface area (Å²) in [4.78, 5) is 26.6. The van der Waals surface area contributed by atoms with Crippen LogP contribution in [0, 0.1) is 5.82 Å². The van der Waals surface area contributed by atoms with Crippen LogP contribution in [-0.2, 0) is 16.8 Å². The minimum absolute atomic E-state index is 0.264. The fraction of sp³-hybridized carbons (Fsp3) is 0.300. The fourth-order valence-electron chi connectivity index (χ4n) is 3.29. The average Bonchev–Trinajstić information content (AvgIpc) is 2.88. The number of aryl methyl sites for hydroxylation is 1. The first-order chi connectivity index (χ1) is 12.1. The molecule has 0 spiro atoms. The maximum Gasteiger partial charge on any atom is 0.325 e. The number of imide groups is 1. The summed E-state index contributed by atoms with van der Waals surface area (Å²) in [5.41, 5.74) is 0.688. The van der Waals surface area contributed by atoms with Crippen LogP contribution in [-0.4, -0.2) is 23.4 Å². The van der Waals surface area contributed by atoms with Gasteiger partial charge >= 0.3 is 6.03 Å². The molecule has 1 N–H and O–H groups in total. The maximum atomic E-state index is 13.2. The van der Waals surface area contributed by atoms with Crippen LogP contribution in [0.5, 0.6) is 0 Å². The molecule has 4 nitrogen and oxygen atoms in total. The molecule has 2 aromatic rings. The molecule has 3 amide bonds. The smallest absolute Gasteiger partial charge is 0.319 e. The normalized spacial score (nSPS) is 20.0. The van der Waals surface area contributed by atoms with Crippen molar-refractivity contribution in [1.29, 1.82) is 0 Å². The van der Waals surface area contributed by atoms with Gasteiger partial charge in [-0.25, -0.2) is 9.18 Å². The van der Waals surface area contributed by atoms with E-state index in [0.29, 0.717) is 24.9 Å². The van der Waals surface area contributed by atoms with Gasteiger partial charge in [0.15, 0.2) is 0 Å². The van der Waals surface area contributed by atoms with Gasteiger partial charge in [-0.15, -0.1) is 0 Å². The highest BCUT2D eigenvalue weighted by atomic mass is 19.1. The molecule has 1 atom stereocenters. The number of nitrogens with one attached hydrogen (secondary N) is 1. The van der Waals surface area contributed by atoms with E-state index in [1.807, 2.05) is 37.3 Å². The Morgan fingerprint density at radius 1 is 1.04 bits per heavy atom. The Hall–Kier alpha value is -2.69. The van der Waals surface area contributed by atoms with Gasteiger partial charge in [0.1, 0.15) is 11.4 Å². The summed E-state index contributed by atoms with van der Waals surface area (Å²) in [6, 6.07) is 15.3. The van der Waals surface area contributed by atoms with Crippen LogP contribution in [0.2, 0.25) is 0 Å². The largest absolute Gasteiger partial charge is 0.325 e.